The summed E-state index contributed by atoms with van der Waals surface area (Å²) >= 11 is 6.16. The van der Waals surface area contributed by atoms with Gasteiger partial charge < -0.3 is 19.4 Å². The molecule has 272 valence electrons. The molecule has 3 aromatic carbocycles. The number of halogens is 1. The zero-order valence-corrected chi connectivity index (χ0v) is 29.8. The number of ether oxygens (including phenoxy) is 1. The van der Waals surface area contributed by atoms with Crippen molar-refractivity contribution in [3.05, 3.63) is 87.9 Å². The van der Waals surface area contributed by atoms with Crippen LogP contribution in [0.1, 0.15) is 62.3 Å². The molecule has 0 aliphatic carbocycles. The summed E-state index contributed by atoms with van der Waals surface area (Å²) in [5.41, 5.74) is 3.57. The highest BCUT2D eigenvalue weighted by atomic mass is 35.5. The zero-order valence-electron chi connectivity index (χ0n) is 29.0. The first-order valence-corrected chi connectivity index (χ1v) is 18.4. The van der Waals surface area contributed by atoms with Gasteiger partial charge in [0, 0.05) is 101 Å². The summed E-state index contributed by atoms with van der Waals surface area (Å²) in [5.74, 6) is -1.34. The van der Waals surface area contributed by atoms with Crippen molar-refractivity contribution >= 4 is 52.5 Å². The van der Waals surface area contributed by atoms with Crippen LogP contribution < -0.4 is 19.9 Å². The molecule has 4 saturated heterocycles. The number of hydrogen-bond donors (Lipinski definition) is 1. The van der Waals surface area contributed by atoms with Gasteiger partial charge in [0.2, 0.25) is 11.8 Å². The molecule has 5 aliphatic rings. The smallest absolute Gasteiger partial charge is 0.262 e. The van der Waals surface area contributed by atoms with Gasteiger partial charge in [0.05, 0.1) is 21.7 Å². The van der Waals surface area contributed by atoms with E-state index < -0.39 is 29.7 Å². The molecule has 0 saturated carbocycles. The molecular weight excluding hydrogens is 698 g/mol. The van der Waals surface area contributed by atoms with E-state index in [0.717, 1.165) is 68.4 Å². The average molecular weight is 736 g/mol. The minimum atomic E-state index is -0.986. The first kappa shape index (κ1) is 34.6. The Morgan fingerprint density at radius 2 is 1.49 bits per heavy atom. The number of rotatable bonds is 7. The maximum atomic E-state index is 13.4. The van der Waals surface area contributed by atoms with Crippen LogP contribution in [-0.4, -0.2) is 115 Å². The van der Waals surface area contributed by atoms with Crippen molar-refractivity contribution < 1.29 is 28.7 Å². The van der Waals surface area contributed by atoms with Gasteiger partial charge in [0.15, 0.2) is 0 Å². The predicted molar refractivity (Wildman–Crippen MR) is 195 cm³/mol. The van der Waals surface area contributed by atoms with Gasteiger partial charge in [0.25, 0.3) is 17.7 Å². The number of nitrogens with zero attached hydrogens (tertiary/aromatic N) is 6. The minimum absolute atomic E-state index is 0.0309. The van der Waals surface area contributed by atoms with Crippen LogP contribution in [0.15, 0.2) is 60.7 Å². The zero-order chi connectivity index (χ0) is 36.8. The molecule has 1 atom stereocenters. The van der Waals surface area contributed by atoms with E-state index in [2.05, 4.69) is 26.1 Å². The van der Waals surface area contributed by atoms with Gasteiger partial charge in [-0.2, -0.15) is 5.26 Å². The number of fused-ring (bicyclic) bond motifs is 1. The van der Waals surface area contributed by atoms with Crippen LogP contribution in [0.4, 0.5) is 11.4 Å². The molecule has 0 spiro atoms. The lowest BCUT2D eigenvalue weighted by atomic mass is 10.0. The van der Waals surface area contributed by atoms with Gasteiger partial charge in [-0.3, -0.25) is 39.1 Å². The molecule has 5 amide bonds. The van der Waals surface area contributed by atoms with Gasteiger partial charge in [-0.1, -0.05) is 11.6 Å². The topological polar surface area (TPSA) is 147 Å². The van der Waals surface area contributed by atoms with Gasteiger partial charge in [-0.25, -0.2) is 0 Å². The van der Waals surface area contributed by atoms with Crippen molar-refractivity contribution in [3.63, 3.8) is 0 Å². The van der Waals surface area contributed by atoms with Crippen LogP contribution in [0.5, 0.6) is 5.75 Å². The number of nitrogens with one attached hydrogen (secondary N) is 1. The van der Waals surface area contributed by atoms with E-state index >= 15 is 0 Å². The number of carbonyl (C=O) groups is 5. The van der Waals surface area contributed by atoms with Crippen molar-refractivity contribution in [1.82, 2.24) is 20.0 Å². The molecule has 13 nitrogen and oxygen atoms in total. The Hall–Kier alpha value is -5.45. The van der Waals surface area contributed by atoms with Crippen molar-refractivity contribution in [2.75, 3.05) is 62.2 Å². The molecule has 0 radical (unpaired) electrons. The van der Waals surface area contributed by atoms with E-state index in [4.69, 9.17) is 21.6 Å². The summed E-state index contributed by atoms with van der Waals surface area (Å²) in [6.07, 6.45) is 1.97. The molecular formula is C39H38ClN7O6. The highest BCUT2D eigenvalue weighted by molar-refractivity contribution is 6.31. The summed E-state index contributed by atoms with van der Waals surface area (Å²) in [6.45, 7) is 6.01. The van der Waals surface area contributed by atoms with Crippen molar-refractivity contribution in [3.8, 4) is 11.8 Å². The van der Waals surface area contributed by atoms with Gasteiger partial charge in [-0.05, 0) is 61.0 Å². The Balaban J connectivity index is 0.792. The van der Waals surface area contributed by atoms with E-state index in [-0.39, 0.29) is 36.0 Å². The second-order valence-electron chi connectivity index (χ2n) is 14.2. The van der Waals surface area contributed by atoms with Crippen LogP contribution in [0.2, 0.25) is 5.02 Å². The van der Waals surface area contributed by atoms with E-state index in [1.54, 1.807) is 30.3 Å². The van der Waals surface area contributed by atoms with Crippen molar-refractivity contribution in [1.29, 1.82) is 5.26 Å². The van der Waals surface area contributed by atoms with Crippen molar-refractivity contribution in [2.24, 2.45) is 0 Å². The summed E-state index contributed by atoms with van der Waals surface area (Å²) in [5, 5.41) is 11.7. The normalized spacial score (nSPS) is 21.3. The third-order valence-electron chi connectivity index (χ3n) is 11.1. The van der Waals surface area contributed by atoms with Gasteiger partial charge in [-0.15, -0.1) is 0 Å². The molecule has 1 N–H and O–H groups in total. The molecule has 53 heavy (non-hydrogen) atoms. The molecule has 14 heteroatoms. The number of hydrogen-bond acceptors (Lipinski definition) is 10. The minimum Gasteiger partial charge on any atom is -0.490 e. The fourth-order valence-corrected chi connectivity index (χ4v) is 8.14. The number of piperidine rings is 2. The molecule has 3 aromatic rings. The summed E-state index contributed by atoms with van der Waals surface area (Å²) in [4.78, 5) is 73.5. The molecule has 1 unspecified atom stereocenters. The molecule has 8 rings (SSSR count). The second-order valence-corrected chi connectivity index (χ2v) is 14.6. The molecule has 0 bridgehead atoms. The van der Waals surface area contributed by atoms with Crippen LogP contribution in [0.25, 0.3) is 0 Å². The Morgan fingerprint density at radius 1 is 0.792 bits per heavy atom. The fourth-order valence-electron chi connectivity index (χ4n) is 7.92. The Bertz CT molecular complexity index is 2030. The van der Waals surface area contributed by atoms with Gasteiger partial charge in [0.1, 0.15) is 24.0 Å². The standard InChI is InChI=1S/C39H38ClN7O6/c40-33-20-30(7-3-25(33)21-41)53-29-11-13-43(14-12-29)26-4-1-24(2-5-26)37(50)45-17-15-44(16-18-45)28-22-46(23-28)27-6-8-31-32(19-27)39(52)47(38(31)51)34-9-10-35(48)42-36(34)49/h1-8,19-20,28-29,34H,9-18,22-23H2,(H,42,48,49). The lowest BCUT2D eigenvalue weighted by Crippen LogP contribution is -2.63. The van der Waals surface area contributed by atoms with Crippen LogP contribution in [-0.2, 0) is 9.59 Å². The summed E-state index contributed by atoms with van der Waals surface area (Å²) in [6, 6.07) is 19.6. The average Bonchev–Trinajstić information content (AvgIpc) is 3.39. The quantitative estimate of drug-likeness (QED) is 0.359. The number of benzene rings is 3. The number of piperazine rings is 1. The lowest BCUT2D eigenvalue weighted by Gasteiger charge is -2.49. The largest absolute Gasteiger partial charge is 0.490 e. The highest BCUT2D eigenvalue weighted by Gasteiger charge is 2.45. The second kappa shape index (κ2) is 14.2. The molecule has 5 heterocycles. The molecule has 5 aliphatic heterocycles. The van der Waals surface area contributed by atoms with Crippen molar-refractivity contribution in [2.45, 2.75) is 43.9 Å². The van der Waals surface area contributed by atoms with Gasteiger partial charge >= 0.3 is 0 Å². The van der Waals surface area contributed by atoms with Crippen LogP contribution in [0.3, 0.4) is 0 Å². The number of imide groups is 2. The monoisotopic (exact) mass is 735 g/mol. The number of nitriles is 1. The number of amides is 5. The third-order valence-corrected chi connectivity index (χ3v) is 11.4. The van der Waals surface area contributed by atoms with E-state index in [0.29, 0.717) is 41.0 Å². The first-order valence-electron chi connectivity index (χ1n) is 18.0. The molecule has 4 fully saturated rings. The summed E-state index contributed by atoms with van der Waals surface area (Å²) < 4.78 is 6.13. The fraction of sp³-hybridized carbons (Fsp3) is 0.385. The maximum absolute atomic E-state index is 13.4. The Morgan fingerprint density at radius 3 is 2.17 bits per heavy atom. The number of anilines is 2. The van der Waals surface area contributed by atoms with E-state index in [9.17, 15) is 24.0 Å². The molecule has 0 aromatic heterocycles. The van der Waals surface area contributed by atoms with Crippen LogP contribution >= 0.6 is 11.6 Å². The maximum Gasteiger partial charge on any atom is 0.262 e. The highest BCUT2D eigenvalue weighted by Crippen LogP contribution is 2.33. The summed E-state index contributed by atoms with van der Waals surface area (Å²) in [7, 11) is 0. The first-order chi connectivity index (χ1) is 25.7. The van der Waals surface area contributed by atoms with E-state index in [1.165, 1.54) is 0 Å². The predicted octanol–water partition coefficient (Wildman–Crippen LogP) is 3.31. The van der Waals surface area contributed by atoms with Crippen LogP contribution in [0, 0.1) is 11.3 Å². The number of carbonyl (C=O) groups excluding carboxylic acids is 5. The SMILES string of the molecule is N#Cc1ccc(OC2CCN(c3ccc(C(=O)N4CCN(C5CN(c6ccc7c(c6)C(=O)N(C6CCC(=O)NC6=O)C7=O)C5)CC4)cc3)CC2)cc1Cl. The third kappa shape index (κ3) is 6.69. The Labute approximate surface area is 311 Å². The Kier molecular flexibility index (Phi) is 9.26. The lowest BCUT2D eigenvalue weighted by molar-refractivity contribution is -0.136. The van der Waals surface area contributed by atoms with E-state index in [1.807, 2.05) is 35.2 Å².